The van der Waals surface area contributed by atoms with Gasteiger partial charge in [-0.3, -0.25) is 14.5 Å². The van der Waals surface area contributed by atoms with Gasteiger partial charge < -0.3 is 10.2 Å². The van der Waals surface area contributed by atoms with E-state index in [1.807, 2.05) is 74.4 Å². The lowest BCUT2D eigenvalue weighted by Gasteiger charge is -2.29. The monoisotopic (exact) mass is 488 g/mol. The summed E-state index contributed by atoms with van der Waals surface area (Å²) in [6.45, 7) is 15.1. The summed E-state index contributed by atoms with van der Waals surface area (Å²) in [4.78, 5) is 33.4. The third kappa shape index (κ3) is 4.09. The molecule has 0 bridgehead atoms. The highest BCUT2D eigenvalue weighted by Crippen LogP contribution is 2.37. The molecule has 1 aromatic heterocycles. The second-order valence-electron chi connectivity index (χ2n) is 8.68. The van der Waals surface area contributed by atoms with E-state index in [1.165, 1.54) is 16.2 Å². The number of benzene rings is 2. The van der Waals surface area contributed by atoms with Gasteiger partial charge in [0, 0.05) is 17.9 Å². The lowest BCUT2D eigenvalue weighted by Crippen LogP contribution is -2.44. The van der Waals surface area contributed by atoms with Crippen molar-refractivity contribution in [2.24, 2.45) is 0 Å². The van der Waals surface area contributed by atoms with E-state index in [-0.39, 0.29) is 11.8 Å². The van der Waals surface area contributed by atoms with Crippen LogP contribution in [-0.4, -0.2) is 22.5 Å². The van der Waals surface area contributed by atoms with Crippen LogP contribution >= 0.6 is 23.6 Å². The molecule has 3 aromatic rings. The van der Waals surface area contributed by atoms with E-state index in [4.69, 9.17) is 18.8 Å². The van der Waals surface area contributed by atoms with Crippen molar-refractivity contribution in [3.63, 3.8) is 0 Å². The Morgan fingerprint density at radius 2 is 1.76 bits per heavy atom. The van der Waals surface area contributed by atoms with Gasteiger partial charge in [0.05, 0.1) is 11.4 Å². The van der Waals surface area contributed by atoms with Gasteiger partial charge >= 0.3 is 0 Å². The smallest absolute Gasteiger partial charge is 0.261 e. The van der Waals surface area contributed by atoms with Crippen LogP contribution in [0.4, 0.5) is 17.1 Å². The van der Waals surface area contributed by atoms with E-state index in [9.17, 15) is 9.59 Å². The molecule has 4 rings (SSSR count). The van der Waals surface area contributed by atoms with Crippen molar-refractivity contribution in [3.05, 3.63) is 86.9 Å². The molecule has 2 heterocycles. The molecule has 1 aliphatic rings. The van der Waals surface area contributed by atoms with Crippen LogP contribution in [0.5, 0.6) is 0 Å². The molecule has 34 heavy (non-hydrogen) atoms. The number of hydrogen-bond donors (Lipinski definition) is 1. The van der Waals surface area contributed by atoms with Crippen LogP contribution < -0.4 is 15.1 Å². The Balaban J connectivity index is 1.54. The fourth-order valence-corrected chi connectivity index (χ4v) is 5.35. The minimum Gasteiger partial charge on any atom is -0.347 e. The van der Waals surface area contributed by atoms with Crippen LogP contribution in [0.25, 0.3) is 4.85 Å². The number of anilines is 2. The van der Waals surface area contributed by atoms with Gasteiger partial charge in [0.25, 0.3) is 11.8 Å². The number of thiocarbonyl (C=S) groups is 1. The number of nitrogens with one attached hydrogen (secondary N) is 1. The zero-order valence-corrected chi connectivity index (χ0v) is 21.0. The molecule has 2 amide bonds. The fourth-order valence-electron chi connectivity index (χ4n) is 3.99. The fraction of sp³-hybridized carbons (Fsp3) is 0.231. The quantitative estimate of drug-likeness (QED) is 0.366. The Morgan fingerprint density at radius 1 is 1.09 bits per heavy atom. The van der Waals surface area contributed by atoms with Crippen LogP contribution in [0.3, 0.4) is 0 Å². The van der Waals surface area contributed by atoms with Gasteiger partial charge in [0.1, 0.15) is 5.54 Å². The summed E-state index contributed by atoms with van der Waals surface area (Å²) in [5.74, 6) is -0.214. The summed E-state index contributed by atoms with van der Waals surface area (Å²) in [6.07, 6.45) is 0. The van der Waals surface area contributed by atoms with E-state index in [1.54, 1.807) is 12.1 Å². The minimum atomic E-state index is -0.879. The average Bonchev–Trinajstić information content (AvgIpc) is 3.31. The number of amides is 2. The van der Waals surface area contributed by atoms with Crippen molar-refractivity contribution in [3.8, 4) is 0 Å². The van der Waals surface area contributed by atoms with Crippen molar-refractivity contribution >= 4 is 57.5 Å². The van der Waals surface area contributed by atoms with E-state index in [0.717, 1.165) is 27.3 Å². The molecule has 8 heteroatoms. The van der Waals surface area contributed by atoms with Crippen LogP contribution in [0.1, 0.15) is 40.2 Å². The highest BCUT2D eigenvalue weighted by Gasteiger charge is 2.50. The van der Waals surface area contributed by atoms with Gasteiger partial charge in [0.2, 0.25) is 0 Å². The molecule has 0 unspecified atom stereocenters. The molecule has 6 nitrogen and oxygen atoms in total. The van der Waals surface area contributed by atoms with E-state index in [0.29, 0.717) is 23.0 Å². The summed E-state index contributed by atoms with van der Waals surface area (Å²) < 4.78 is 0. The Labute approximate surface area is 208 Å². The number of aryl methyl sites for hydroxylation is 2. The summed E-state index contributed by atoms with van der Waals surface area (Å²) in [5, 5.41) is 5.25. The molecule has 1 N–H and O–H groups in total. The highest BCUT2D eigenvalue weighted by atomic mass is 32.1. The number of rotatable bonds is 5. The molecule has 1 fully saturated rings. The maximum Gasteiger partial charge on any atom is 0.261 e. The summed E-state index contributed by atoms with van der Waals surface area (Å²) in [6, 6.07) is 14.9. The van der Waals surface area contributed by atoms with Crippen molar-refractivity contribution in [2.45, 2.75) is 39.8 Å². The second-order valence-corrected chi connectivity index (χ2v) is 9.96. The first-order valence-corrected chi connectivity index (χ1v) is 12.0. The molecule has 0 aliphatic carbocycles. The largest absolute Gasteiger partial charge is 0.347 e. The van der Waals surface area contributed by atoms with Gasteiger partial charge in [0.15, 0.2) is 10.8 Å². The first-order valence-electron chi connectivity index (χ1n) is 10.7. The Kier molecular flexibility index (Phi) is 6.26. The predicted molar refractivity (Wildman–Crippen MR) is 141 cm³/mol. The van der Waals surface area contributed by atoms with Gasteiger partial charge in [-0.05, 0) is 92.3 Å². The second kappa shape index (κ2) is 9.01. The molecular formula is C26H24N4O2S2. The van der Waals surface area contributed by atoms with Crippen molar-refractivity contribution in [2.75, 3.05) is 9.80 Å². The standard InChI is InChI=1S/C26H24N4O2S2/c1-16-12-13-34-22(16)23(31)28-15-18-6-8-19(9-7-18)30-25(33)29(24(32)26(30,3)4)20-10-11-21(27-5)17(2)14-20/h6-14H,15H2,1-4H3,(H,28,31). The Hall–Kier alpha value is -3.54. The van der Waals surface area contributed by atoms with Crippen molar-refractivity contribution < 1.29 is 9.59 Å². The molecule has 1 saturated heterocycles. The van der Waals surface area contributed by atoms with Gasteiger partial charge in [-0.1, -0.05) is 18.2 Å². The Bertz CT molecular complexity index is 1340. The maximum atomic E-state index is 13.4. The topological polar surface area (TPSA) is 57.0 Å². The average molecular weight is 489 g/mol. The number of hydrogen-bond acceptors (Lipinski definition) is 4. The lowest BCUT2D eigenvalue weighted by atomic mass is 10.0. The van der Waals surface area contributed by atoms with Crippen LogP contribution in [-0.2, 0) is 11.3 Å². The maximum absolute atomic E-state index is 13.4. The normalized spacial score (nSPS) is 14.9. The molecule has 172 valence electrons. The van der Waals surface area contributed by atoms with Crippen molar-refractivity contribution in [1.29, 1.82) is 0 Å². The third-order valence-electron chi connectivity index (χ3n) is 5.94. The van der Waals surface area contributed by atoms with E-state index < -0.39 is 5.54 Å². The predicted octanol–water partition coefficient (Wildman–Crippen LogP) is 5.76. The van der Waals surface area contributed by atoms with Gasteiger partial charge in [-0.2, -0.15) is 0 Å². The molecule has 0 saturated carbocycles. The third-order valence-corrected chi connectivity index (χ3v) is 7.32. The number of carbonyl (C=O) groups excluding carboxylic acids is 2. The first kappa shape index (κ1) is 23.6. The van der Waals surface area contributed by atoms with Gasteiger partial charge in [-0.25, -0.2) is 4.85 Å². The molecule has 0 spiro atoms. The summed E-state index contributed by atoms with van der Waals surface area (Å²) >= 11 is 7.18. The molecule has 0 atom stereocenters. The van der Waals surface area contributed by atoms with Crippen LogP contribution in [0.2, 0.25) is 0 Å². The molecule has 1 aliphatic heterocycles. The molecular weight excluding hydrogens is 464 g/mol. The molecule has 0 radical (unpaired) electrons. The van der Waals surface area contributed by atoms with E-state index >= 15 is 0 Å². The summed E-state index contributed by atoms with van der Waals surface area (Å²) in [7, 11) is 0. The number of nitrogens with zero attached hydrogens (tertiary/aromatic N) is 3. The highest BCUT2D eigenvalue weighted by molar-refractivity contribution is 7.81. The molecule has 2 aromatic carbocycles. The van der Waals surface area contributed by atoms with E-state index in [2.05, 4.69) is 10.2 Å². The van der Waals surface area contributed by atoms with Crippen LogP contribution in [0.15, 0.2) is 53.9 Å². The van der Waals surface area contributed by atoms with Gasteiger partial charge in [-0.15, -0.1) is 11.3 Å². The Morgan fingerprint density at radius 3 is 2.35 bits per heavy atom. The number of carbonyl (C=O) groups is 2. The minimum absolute atomic E-state index is 0.0841. The zero-order chi connectivity index (χ0) is 24.6. The number of thiophene rings is 1. The SMILES string of the molecule is [C-]#[N+]c1ccc(N2C(=O)C(C)(C)N(c3ccc(CNC(=O)c4sccc4C)cc3)C2=S)cc1C. The van der Waals surface area contributed by atoms with Crippen molar-refractivity contribution in [1.82, 2.24) is 5.32 Å². The lowest BCUT2D eigenvalue weighted by molar-refractivity contribution is -0.120. The summed E-state index contributed by atoms with van der Waals surface area (Å²) in [5.41, 5.74) is 3.83. The first-order chi connectivity index (χ1) is 16.1. The zero-order valence-electron chi connectivity index (χ0n) is 19.4. The van der Waals surface area contributed by atoms with Crippen LogP contribution in [0, 0.1) is 20.4 Å².